The fourth-order valence-corrected chi connectivity index (χ4v) is 3.73. The molecule has 3 amide bonds. The van der Waals surface area contributed by atoms with Gasteiger partial charge >= 0.3 is 6.03 Å². The molecule has 0 radical (unpaired) electrons. The van der Waals surface area contributed by atoms with Crippen LogP contribution in [0, 0.1) is 18.6 Å². The summed E-state index contributed by atoms with van der Waals surface area (Å²) in [6.07, 6.45) is 2.93. The van der Waals surface area contributed by atoms with Gasteiger partial charge in [0.05, 0.1) is 11.6 Å². The Kier molecular flexibility index (Phi) is 6.02. The Balaban J connectivity index is 1.69. The molecule has 1 aliphatic rings. The molecule has 9 heteroatoms. The first kappa shape index (κ1) is 22.9. The second-order valence-corrected chi connectivity index (χ2v) is 8.10. The summed E-state index contributed by atoms with van der Waals surface area (Å²) in [4.78, 5) is 38.4. The summed E-state index contributed by atoms with van der Waals surface area (Å²) in [5.74, 6) is -1.45. The van der Waals surface area contributed by atoms with E-state index in [9.17, 15) is 23.2 Å². The van der Waals surface area contributed by atoms with Crippen molar-refractivity contribution in [3.8, 4) is 11.1 Å². The van der Waals surface area contributed by atoms with Gasteiger partial charge in [0.25, 0.3) is 5.91 Å². The number of aromatic nitrogens is 1. The number of urea groups is 1. The summed E-state index contributed by atoms with van der Waals surface area (Å²) >= 11 is 0. The number of pyridine rings is 1. The third-order valence-electron chi connectivity index (χ3n) is 5.66. The molecule has 0 aliphatic carbocycles. The predicted molar refractivity (Wildman–Crippen MR) is 124 cm³/mol. The maximum absolute atomic E-state index is 14.8. The van der Waals surface area contributed by atoms with Crippen molar-refractivity contribution in [1.29, 1.82) is 0 Å². The van der Waals surface area contributed by atoms with Crippen LogP contribution in [0.5, 0.6) is 0 Å². The number of anilines is 1. The summed E-state index contributed by atoms with van der Waals surface area (Å²) in [7, 11) is 3.07. The van der Waals surface area contributed by atoms with Crippen LogP contribution in [-0.2, 0) is 11.8 Å². The van der Waals surface area contributed by atoms with Crippen LogP contribution in [-0.4, -0.2) is 28.5 Å². The largest absolute Gasteiger partial charge is 0.327 e. The fourth-order valence-electron chi connectivity index (χ4n) is 3.73. The zero-order valence-corrected chi connectivity index (χ0v) is 18.7. The quantitative estimate of drug-likeness (QED) is 0.615. The second kappa shape index (κ2) is 8.93. The summed E-state index contributed by atoms with van der Waals surface area (Å²) in [6, 6.07) is 9.93. The van der Waals surface area contributed by atoms with Crippen LogP contribution in [0.4, 0.5) is 19.3 Å². The highest BCUT2D eigenvalue weighted by molar-refractivity contribution is 6.06. The zero-order valence-electron chi connectivity index (χ0n) is 18.7. The minimum Gasteiger partial charge on any atom is -0.327 e. The molecule has 0 spiro atoms. The maximum atomic E-state index is 14.8. The van der Waals surface area contributed by atoms with Crippen molar-refractivity contribution in [2.45, 2.75) is 13.0 Å². The Morgan fingerprint density at radius 3 is 2.41 bits per heavy atom. The predicted octanol–water partition coefficient (Wildman–Crippen LogP) is 3.86. The molecule has 7 nitrogen and oxygen atoms in total. The Hall–Kier alpha value is -4.27. The van der Waals surface area contributed by atoms with E-state index in [0.717, 1.165) is 0 Å². The molecular weight excluding hydrogens is 442 g/mol. The molecule has 1 unspecified atom stereocenters. The first-order valence-electron chi connectivity index (χ1n) is 10.4. The van der Waals surface area contributed by atoms with Crippen LogP contribution in [0.3, 0.4) is 0 Å². The van der Waals surface area contributed by atoms with E-state index in [1.807, 2.05) is 0 Å². The highest BCUT2D eigenvalue weighted by Gasteiger charge is 2.31. The van der Waals surface area contributed by atoms with E-state index < -0.39 is 29.6 Å². The van der Waals surface area contributed by atoms with Crippen LogP contribution in [0.15, 0.2) is 71.3 Å². The Morgan fingerprint density at radius 1 is 1.03 bits per heavy atom. The van der Waals surface area contributed by atoms with E-state index in [0.29, 0.717) is 22.4 Å². The van der Waals surface area contributed by atoms with Gasteiger partial charge in [-0.1, -0.05) is 12.1 Å². The number of carbonyl (C=O) groups is 2. The van der Waals surface area contributed by atoms with Gasteiger partial charge in [0.1, 0.15) is 11.6 Å². The number of hydrogen-bond acceptors (Lipinski definition) is 3. The van der Waals surface area contributed by atoms with Crippen molar-refractivity contribution in [3.05, 3.63) is 99.6 Å². The van der Waals surface area contributed by atoms with Crippen LogP contribution in [0.25, 0.3) is 11.1 Å². The molecule has 0 saturated carbocycles. The molecule has 0 fully saturated rings. The number of rotatable bonds is 4. The standard InChI is InChI=1S/C25H22F2N4O3/c1-14-10-20(27)18(16-6-9-22(32)30(2)12-16)11-21(14)28-24(33)19-13-31(3)25(34)29-23(19)15-4-7-17(26)8-5-15/h4-13,23H,1-3H3,(H,28,33)(H,29,34). The number of amides is 3. The van der Waals surface area contributed by atoms with Gasteiger partial charge in [0, 0.05) is 49.4 Å². The van der Waals surface area contributed by atoms with E-state index in [1.165, 1.54) is 77.4 Å². The fraction of sp³-hybridized carbons (Fsp3) is 0.160. The lowest BCUT2D eigenvalue weighted by molar-refractivity contribution is -0.113. The average molecular weight is 464 g/mol. The van der Waals surface area contributed by atoms with Crippen molar-refractivity contribution in [2.75, 3.05) is 12.4 Å². The molecule has 34 heavy (non-hydrogen) atoms. The van der Waals surface area contributed by atoms with Gasteiger partial charge in [-0.05, 0) is 48.4 Å². The number of nitrogens with zero attached hydrogens (tertiary/aromatic N) is 2. The van der Waals surface area contributed by atoms with Gasteiger partial charge in [-0.3, -0.25) is 9.59 Å². The summed E-state index contributed by atoms with van der Waals surface area (Å²) in [6.45, 7) is 1.66. The Labute approximate surface area is 194 Å². The number of aryl methyl sites for hydroxylation is 2. The topological polar surface area (TPSA) is 83.4 Å². The van der Waals surface area contributed by atoms with Crippen molar-refractivity contribution in [1.82, 2.24) is 14.8 Å². The molecule has 4 rings (SSSR count). The Morgan fingerprint density at radius 2 is 1.74 bits per heavy atom. The third kappa shape index (κ3) is 4.45. The number of benzene rings is 2. The first-order chi connectivity index (χ1) is 16.1. The molecule has 2 aromatic carbocycles. The van der Waals surface area contributed by atoms with Gasteiger partial charge < -0.3 is 20.1 Å². The monoisotopic (exact) mass is 464 g/mol. The minimum atomic E-state index is -0.798. The maximum Gasteiger partial charge on any atom is 0.321 e. The molecule has 3 aromatic rings. The summed E-state index contributed by atoms with van der Waals surface area (Å²) in [5.41, 5.74) is 2.08. The van der Waals surface area contributed by atoms with E-state index >= 15 is 0 Å². The highest BCUT2D eigenvalue weighted by Crippen LogP contribution is 2.31. The molecule has 0 bridgehead atoms. The molecule has 1 aliphatic heterocycles. The van der Waals surface area contributed by atoms with Gasteiger partial charge in [-0.2, -0.15) is 0 Å². The molecule has 174 valence electrons. The molecule has 2 heterocycles. The summed E-state index contributed by atoms with van der Waals surface area (Å²) < 4.78 is 29.5. The lowest BCUT2D eigenvalue weighted by atomic mass is 9.96. The van der Waals surface area contributed by atoms with Gasteiger partial charge in [-0.25, -0.2) is 13.6 Å². The van der Waals surface area contributed by atoms with Crippen molar-refractivity contribution in [2.24, 2.45) is 7.05 Å². The van der Waals surface area contributed by atoms with E-state index in [1.54, 1.807) is 14.0 Å². The molecule has 2 N–H and O–H groups in total. The molecular formula is C25H22F2N4O3. The number of nitrogens with one attached hydrogen (secondary N) is 2. The Bertz CT molecular complexity index is 1380. The van der Waals surface area contributed by atoms with E-state index in [2.05, 4.69) is 10.6 Å². The second-order valence-electron chi connectivity index (χ2n) is 8.10. The zero-order chi connectivity index (χ0) is 24.6. The van der Waals surface area contributed by atoms with Crippen molar-refractivity contribution in [3.63, 3.8) is 0 Å². The van der Waals surface area contributed by atoms with Crippen LogP contribution in [0.1, 0.15) is 17.2 Å². The molecule has 0 saturated heterocycles. The van der Waals surface area contributed by atoms with Gasteiger partial charge in [0.15, 0.2) is 0 Å². The number of halogens is 2. The first-order valence-corrected chi connectivity index (χ1v) is 10.4. The lowest BCUT2D eigenvalue weighted by Gasteiger charge is -2.30. The van der Waals surface area contributed by atoms with Crippen LogP contribution >= 0.6 is 0 Å². The van der Waals surface area contributed by atoms with Gasteiger partial charge in [0.2, 0.25) is 5.56 Å². The third-order valence-corrected chi connectivity index (χ3v) is 5.66. The SMILES string of the molecule is Cc1cc(F)c(-c2ccc(=O)n(C)c2)cc1NC(=O)C1=CN(C)C(=O)NC1c1ccc(F)cc1. The normalized spacial score (nSPS) is 15.6. The number of hydrogen-bond donors (Lipinski definition) is 2. The lowest BCUT2D eigenvalue weighted by Crippen LogP contribution is -2.44. The smallest absolute Gasteiger partial charge is 0.321 e. The van der Waals surface area contributed by atoms with E-state index in [4.69, 9.17) is 0 Å². The van der Waals surface area contributed by atoms with Crippen molar-refractivity contribution < 1.29 is 18.4 Å². The number of carbonyl (C=O) groups excluding carboxylic acids is 2. The molecule has 1 atom stereocenters. The van der Waals surface area contributed by atoms with Crippen molar-refractivity contribution >= 4 is 17.6 Å². The highest BCUT2D eigenvalue weighted by atomic mass is 19.1. The van der Waals surface area contributed by atoms with Crippen LogP contribution in [0.2, 0.25) is 0 Å². The summed E-state index contributed by atoms with van der Waals surface area (Å²) in [5, 5.41) is 5.53. The van der Waals surface area contributed by atoms with Gasteiger partial charge in [-0.15, -0.1) is 0 Å². The van der Waals surface area contributed by atoms with E-state index in [-0.39, 0.29) is 16.7 Å². The minimum absolute atomic E-state index is 0.217. The average Bonchev–Trinajstić information content (AvgIpc) is 2.79. The molecule has 1 aromatic heterocycles. The van der Waals surface area contributed by atoms with Crippen LogP contribution < -0.4 is 16.2 Å².